The SMILES string of the molecule is Cc1ncoc1C(=O)NCc1ccc(CCN)cc1. The molecule has 0 spiro atoms. The van der Waals surface area contributed by atoms with Crippen molar-refractivity contribution in [2.24, 2.45) is 5.73 Å². The standard InChI is InChI=1S/C14H17N3O2/c1-10-13(19-9-17-10)14(18)16-8-12-4-2-11(3-5-12)6-7-15/h2-5,9H,6-8,15H2,1H3,(H,16,18). The number of amides is 1. The van der Waals surface area contributed by atoms with Crippen molar-refractivity contribution in [3.05, 3.63) is 53.2 Å². The maximum atomic E-state index is 11.8. The lowest BCUT2D eigenvalue weighted by Crippen LogP contribution is -2.23. The Labute approximate surface area is 111 Å². The monoisotopic (exact) mass is 259 g/mol. The van der Waals surface area contributed by atoms with Gasteiger partial charge in [-0.05, 0) is 31.0 Å². The molecule has 5 heteroatoms. The molecule has 3 N–H and O–H groups in total. The van der Waals surface area contributed by atoms with Crippen LogP contribution >= 0.6 is 0 Å². The number of nitrogens with one attached hydrogen (secondary N) is 1. The minimum Gasteiger partial charge on any atom is -0.438 e. The van der Waals surface area contributed by atoms with Gasteiger partial charge in [0.2, 0.25) is 5.76 Å². The van der Waals surface area contributed by atoms with Gasteiger partial charge in [0.1, 0.15) is 0 Å². The number of rotatable bonds is 5. The second-order valence-corrected chi connectivity index (χ2v) is 4.30. The predicted octanol–water partition coefficient (Wildman–Crippen LogP) is 1.41. The molecule has 0 bridgehead atoms. The van der Waals surface area contributed by atoms with Crippen LogP contribution in [0.25, 0.3) is 0 Å². The van der Waals surface area contributed by atoms with Crippen LogP contribution in [0.3, 0.4) is 0 Å². The summed E-state index contributed by atoms with van der Waals surface area (Å²) >= 11 is 0. The maximum Gasteiger partial charge on any atom is 0.289 e. The van der Waals surface area contributed by atoms with Crippen molar-refractivity contribution in [1.29, 1.82) is 0 Å². The van der Waals surface area contributed by atoms with E-state index in [-0.39, 0.29) is 11.7 Å². The first kappa shape index (κ1) is 13.3. The summed E-state index contributed by atoms with van der Waals surface area (Å²) in [6.07, 6.45) is 2.13. The Kier molecular flexibility index (Phi) is 4.30. The van der Waals surface area contributed by atoms with Crippen LogP contribution in [0, 0.1) is 6.92 Å². The number of nitrogens with two attached hydrogens (primary N) is 1. The zero-order valence-electron chi connectivity index (χ0n) is 10.8. The van der Waals surface area contributed by atoms with Gasteiger partial charge in [0.25, 0.3) is 5.91 Å². The highest BCUT2D eigenvalue weighted by Gasteiger charge is 2.12. The minimum atomic E-state index is -0.249. The van der Waals surface area contributed by atoms with Crippen LogP contribution in [0.15, 0.2) is 35.1 Å². The van der Waals surface area contributed by atoms with E-state index in [0.717, 1.165) is 12.0 Å². The van der Waals surface area contributed by atoms with E-state index in [1.165, 1.54) is 12.0 Å². The van der Waals surface area contributed by atoms with E-state index >= 15 is 0 Å². The quantitative estimate of drug-likeness (QED) is 0.850. The van der Waals surface area contributed by atoms with E-state index in [9.17, 15) is 4.79 Å². The van der Waals surface area contributed by atoms with Crippen molar-refractivity contribution in [1.82, 2.24) is 10.3 Å². The van der Waals surface area contributed by atoms with Gasteiger partial charge in [0.15, 0.2) is 6.39 Å². The Morgan fingerprint density at radius 2 is 2.00 bits per heavy atom. The molecule has 0 saturated carbocycles. The van der Waals surface area contributed by atoms with Gasteiger partial charge >= 0.3 is 0 Å². The Hall–Kier alpha value is -2.14. The third-order valence-corrected chi connectivity index (χ3v) is 2.86. The Balaban J connectivity index is 1.92. The van der Waals surface area contributed by atoms with Crippen LogP contribution in [0.5, 0.6) is 0 Å². The third kappa shape index (κ3) is 3.42. The topological polar surface area (TPSA) is 81.2 Å². The van der Waals surface area contributed by atoms with Crippen LogP contribution < -0.4 is 11.1 Å². The molecule has 1 aromatic heterocycles. The summed E-state index contributed by atoms with van der Waals surface area (Å²) in [7, 11) is 0. The summed E-state index contributed by atoms with van der Waals surface area (Å²) in [5.74, 6) is 0.0146. The van der Waals surface area contributed by atoms with Crippen LogP contribution in [0.2, 0.25) is 0 Å². The van der Waals surface area contributed by atoms with Gasteiger partial charge in [-0.3, -0.25) is 4.79 Å². The van der Waals surface area contributed by atoms with Gasteiger partial charge in [-0.1, -0.05) is 24.3 Å². The second-order valence-electron chi connectivity index (χ2n) is 4.30. The van der Waals surface area contributed by atoms with E-state index < -0.39 is 0 Å². The molecule has 0 aliphatic rings. The molecule has 0 aliphatic carbocycles. The molecular weight excluding hydrogens is 242 g/mol. The van der Waals surface area contributed by atoms with Gasteiger partial charge in [-0.25, -0.2) is 4.98 Å². The van der Waals surface area contributed by atoms with Crippen LogP contribution in [-0.4, -0.2) is 17.4 Å². The molecule has 1 aromatic carbocycles. The molecule has 2 rings (SSSR count). The molecule has 2 aromatic rings. The fourth-order valence-electron chi connectivity index (χ4n) is 1.77. The number of carbonyl (C=O) groups excluding carboxylic acids is 1. The zero-order chi connectivity index (χ0) is 13.7. The number of nitrogens with zero attached hydrogens (tertiary/aromatic N) is 1. The lowest BCUT2D eigenvalue weighted by molar-refractivity contribution is 0.0922. The molecule has 0 atom stereocenters. The molecule has 100 valence electrons. The van der Waals surface area contributed by atoms with E-state index in [2.05, 4.69) is 10.3 Å². The summed E-state index contributed by atoms with van der Waals surface area (Å²) < 4.78 is 5.03. The van der Waals surface area contributed by atoms with Crippen molar-refractivity contribution in [2.45, 2.75) is 19.9 Å². The first-order chi connectivity index (χ1) is 9.20. The van der Waals surface area contributed by atoms with E-state index in [1.807, 2.05) is 24.3 Å². The molecule has 0 unspecified atom stereocenters. The molecular formula is C14H17N3O2. The summed E-state index contributed by atoms with van der Waals surface area (Å²) in [5, 5.41) is 2.80. The predicted molar refractivity (Wildman–Crippen MR) is 71.6 cm³/mol. The fraction of sp³-hybridized carbons (Fsp3) is 0.286. The fourth-order valence-corrected chi connectivity index (χ4v) is 1.77. The Morgan fingerprint density at radius 1 is 1.32 bits per heavy atom. The first-order valence-corrected chi connectivity index (χ1v) is 6.17. The number of oxazole rings is 1. The van der Waals surface area contributed by atoms with Gasteiger partial charge in [-0.2, -0.15) is 0 Å². The Morgan fingerprint density at radius 3 is 2.58 bits per heavy atom. The summed E-state index contributed by atoms with van der Waals surface area (Å²) in [5.41, 5.74) is 8.32. The number of benzene rings is 1. The number of hydrogen-bond acceptors (Lipinski definition) is 4. The van der Waals surface area contributed by atoms with Gasteiger partial charge < -0.3 is 15.5 Å². The molecule has 5 nitrogen and oxygen atoms in total. The number of hydrogen-bond donors (Lipinski definition) is 2. The first-order valence-electron chi connectivity index (χ1n) is 6.17. The van der Waals surface area contributed by atoms with Crippen LogP contribution in [0.4, 0.5) is 0 Å². The van der Waals surface area contributed by atoms with E-state index in [0.29, 0.717) is 18.8 Å². The van der Waals surface area contributed by atoms with Crippen molar-refractivity contribution >= 4 is 5.91 Å². The summed E-state index contributed by atoms with van der Waals surface area (Å²) in [4.78, 5) is 15.7. The highest BCUT2D eigenvalue weighted by Crippen LogP contribution is 2.07. The summed E-state index contributed by atoms with van der Waals surface area (Å²) in [6.45, 7) is 2.84. The highest BCUT2D eigenvalue weighted by atomic mass is 16.3. The number of aryl methyl sites for hydroxylation is 1. The minimum absolute atomic E-state index is 0.249. The zero-order valence-corrected chi connectivity index (χ0v) is 10.8. The molecule has 0 fully saturated rings. The lowest BCUT2D eigenvalue weighted by Gasteiger charge is -2.05. The maximum absolute atomic E-state index is 11.8. The third-order valence-electron chi connectivity index (χ3n) is 2.86. The molecule has 19 heavy (non-hydrogen) atoms. The van der Waals surface area contributed by atoms with Crippen molar-refractivity contribution in [2.75, 3.05) is 6.54 Å². The summed E-state index contributed by atoms with van der Waals surface area (Å²) in [6, 6.07) is 8.01. The molecule has 0 radical (unpaired) electrons. The molecule has 0 saturated heterocycles. The number of aromatic nitrogens is 1. The normalized spacial score (nSPS) is 10.4. The van der Waals surface area contributed by atoms with E-state index in [4.69, 9.17) is 10.2 Å². The van der Waals surface area contributed by atoms with Gasteiger partial charge in [0, 0.05) is 6.54 Å². The molecule has 1 heterocycles. The average Bonchev–Trinajstić information content (AvgIpc) is 2.84. The van der Waals surface area contributed by atoms with Crippen molar-refractivity contribution < 1.29 is 9.21 Å². The van der Waals surface area contributed by atoms with Crippen molar-refractivity contribution in [3.8, 4) is 0 Å². The lowest BCUT2D eigenvalue weighted by atomic mass is 10.1. The highest BCUT2D eigenvalue weighted by molar-refractivity contribution is 5.92. The Bertz CT molecular complexity index is 546. The second kappa shape index (κ2) is 6.15. The number of carbonyl (C=O) groups is 1. The molecule has 1 amide bonds. The average molecular weight is 259 g/mol. The molecule has 0 aliphatic heterocycles. The smallest absolute Gasteiger partial charge is 0.289 e. The van der Waals surface area contributed by atoms with Gasteiger partial charge in [-0.15, -0.1) is 0 Å². The van der Waals surface area contributed by atoms with Crippen LogP contribution in [-0.2, 0) is 13.0 Å². The van der Waals surface area contributed by atoms with E-state index in [1.54, 1.807) is 6.92 Å². The van der Waals surface area contributed by atoms with Gasteiger partial charge in [0.05, 0.1) is 5.69 Å². The largest absolute Gasteiger partial charge is 0.438 e. The van der Waals surface area contributed by atoms with Crippen molar-refractivity contribution in [3.63, 3.8) is 0 Å². The van der Waals surface area contributed by atoms with Crippen LogP contribution in [0.1, 0.15) is 27.4 Å².